The summed E-state index contributed by atoms with van der Waals surface area (Å²) < 4.78 is 0. The van der Waals surface area contributed by atoms with Gasteiger partial charge >= 0.3 is 0 Å². The number of anilines is 1. The van der Waals surface area contributed by atoms with Gasteiger partial charge in [0.2, 0.25) is 11.8 Å². The van der Waals surface area contributed by atoms with Gasteiger partial charge in [-0.2, -0.15) is 0 Å². The highest BCUT2D eigenvalue weighted by molar-refractivity contribution is 6.24. The van der Waals surface area contributed by atoms with Crippen molar-refractivity contribution in [3.05, 3.63) is 59.9 Å². The van der Waals surface area contributed by atoms with E-state index in [9.17, 15) is 14.4 Å². The summed E-state index contributed by atoms with van der Waals surface area (Å²) in [7, 11) is 0. The highest BCUT2D eigenvalue weighted by Gasteiger charge is 2.62. The van der Waals surface area contributed by atoms with Crippen molar-refractivity contribution in [3.63, 3.8) is 0 Å². The van der Waals surface area contributed by atoms with Crippen LogP contribution in [0.5, 0.6) is 0 Å². The second-order valence-corrected chi connectivity index (χ2v) is 6.66. The van der Waals surface area contributed by atoms with Crippen molar-refractivity contribution in [3.8, 4) is 0 Å². The monoisotopic (exact) mass is 318 g/mol. The fourth-order valence-corrected chi connectivity index (χ4v) is 4.70. The third-order valence-corrected chi connectivity index (χ3v) is 5.59. The molecule has 0 unspecified atom stereocenters. The standard InChI is InChI=1S/C19H14N2O3/c22-14-8-13-11-5-1-2-6-12(11)15(14)17-16(13)18(23)21(19(17)24)10-4-3-7-20-9-10/h1-7,9,13,15-17H,8H2/t13-,15+,16-,17-/m0/s1. The molecule has 2 heterocycles. The normalized spacial score (nSPS) is 30.5. The Balaban J connectivity index is 1.68. The van der Waals surface area contributed by atoms with E-state index in [1.54, 1.807) is 18.3 Å². The number of pyridine rings is 1. The predicted octanol–water partition coefficient (Wildman–Crippen LogP) is 2.04. The Bertz CT molecular complexity index is 892. The number of benzene rings is 1. The third-order valence-electron chi connectivity index (χ3n) is 5.59. The van der Waals surface area contributed by atoms with Crippen LogP contribution >= 0.6 is 0 Å². The summed E-state index contributed by atoms with van der Waals surface area (Å²) in [6.07, 6.45) is 3.47. The number of hydrogen-bond donors (Lipinski definition) is 0. The molecule has 2 fully saturated rings. The zero-order valence-corrected chi connectivity index (χ0v) is 12.8. The largest absolute Gasteiger partial charge is 0.299 e. The molecule has 4 aliphatic rings. The molecule has 2 bridgehead atoms. The van der Waals surface area contributed by atoms with Gasteiger partial charge in [0.15, 0.2) is 0 Å². The summed E-state index contributed by atoms with van der Waals surface area (Å²) >= 11 is 0. The second kappa shape index (κ2) is 4.60. The molecule has 1 saturated heterocycles. The number of amides is 2. The van der Waals surface area contributed by atoms with Crippen LogP contribution in [0.15, 0.2) is 48.8 Å². The van der Waals surface area contributed by atoms with Crippen molar-refractivity contribution in [1.82, 2.24) is 4.98 Å². The molecule has 3 aliphatic carbocycles. The number of hydrogen-bond acceptors (Lipinski definition) is 4. The maximum atomic E-state index is 13.0. The molecular weight excluding hydrogens is 304 g/mol. The molecule has 24 heavy (non-hydrogen) atoms. The van der Waals surface area contributed by atoms with Crippen LogP contribution in [0.3, 0.4) is 0 Å². The second-order valence-electron chi connectivity index (χ2n) is 6.66. The van der Waals surface area contributed by atoms with Crippen LogP contribution in [-0.4, -0.2) is 22.6 Å². The van der Waals surface area contributed by atoms with Crippen molar-refractivity contribution in [2.45, 2.75) is 18.3 Å². The average molecular weight is 318 g/mol. The fourth-order valence-electron chi connectivity index (χ4n) is 4.70. The first kappa shape index (κ1) is 13.6. The maximum Gasteiger partial charge on any atom is 0.238 e. The topological polar surface area (TPSA) is 67.3 Å². The smallest absolute Gasteiger partial charge is 0.238 e. The highest BCUT2D eigenvalue weighted by Crippen LogP contribution is 2.57. The van der Waals surface area contributed by atoms with Gasteiger partial charge in [0.1, 0.15) is 5.78 Å². The molecule has 5 nitrogen and oxygen atoms in total. The zero-order valence-electron chi connectivity index (χ0n) is 12.8. The number of rotatable bonds is 1. The summed E-state index contributed by atoms with van der Waals surface area (Å²) in [6.45, 7) is 0. The molecule has 6 rings (SSSR count). The summed E-state index contributed by atoms with van der Waals surface area (Å²) in [5.41, 5.74) is 2.46. The quantitative estimate of drug-likeness (QED) is 0.755. The number of Topliss-reactive ketones (excluding diaryl/α,β-unsaturated/α-hetero) is 1. The molecule has 1 aliphatic heterocycles. The number of aromatic nitrogens is 1. The molecule has 2 amide bonds. The fraction of sp³-hybridized carbons (Fsp3) is 0.263. The first-order chi connectivity index (χ1) is 11.7. The van der Waals surface area contributed by atoms with Gasteiger partial charge in [-0.05, 0) is 23.3 Å². The van der Waals surface area contributed by atoms with Gasteiger partial charge in [-0.15, -0.1) is 0 Å². The first-order valence-corrected chi connectivity index (χ1v) is 8.08. The van der Waals surface area contributed by atoms with Crippen LogP contribution in [0.1, 0.15) is 29.4 Å². The third kappa shape index (κ3) is 1.54. The van der Waals surface area contributed by atoms with Gasteiger partial charge in [-0.1, -0.05) is 24.3 Å². The summed E-state index contributed by atoms with van der Waals surface area (Å²) in [6, 6.07) is 11.1. The Hall–Kier alpha value is -2.82. The summed E-state index contributed by atoms with van der Waals surface area (Å²) in [5, 5.41) is 0. The van der Waals surface area contributed by atoms with E-state index in [2.05, 4.69) is 4.98 Å². The number of carbonyl (C=O) groups is 3. The zero-order chi connectivity index (χ0) is 16.4. The number of carbonyl (C=O) groups excluding carboxylic acids is 3. The number of imide groups is 1. The van der Waals surface area contributed by atoms with Crippen LogP contribution in [-0.2, 0) is 14.4 Å². The summed E-state index contributed by atoms with van der Waals surface area (Å²) in [4.78, 5) is 43.8. The number of fused-ring (bicyclic) bond motifs is 1. The number of ketones is 1. The van der Waals surface area contributed by atoms with Crippen LogP contribution in [0.25, 0.3) is 0 Å². The van der Waals surface area contributed by atoms with Crippen LogP contribution < -0.4 is 4.90 Å². The molecule has 0 spiro atoms. The van der Waals surface area contributed by atoms with Crippen molar-refractivity contribution < 1.29 is 14.4 Å². The Kier molecular flexibility index (Phi) is 2.61. The molecule has 118 valence electrons. The predicted molar refractivity (Wildman–Crippen MR) is 85.3 cm³/mol. The SMILES string of the molecule is O=C1C[C@H]2c3ccccc3[C@H]1[C@@H]1C(=O)N(c3cccnc3)C(=O)[C@H]12. The van der Waals surface area contributed by atoms with Gasteiger partial charge in [-0.25, -0.2) is 4.90 Å². The van der Waals surface area contributed by atoms with E-state index >= 15 is 0 Å². The molecule has 1 aromatic carbocycles. The minimum Gasteiger partial charge on any atom is -0.299 e. The Morgan fingerprint density at radius 3 is 2.42 bits per heavy atom. The molecular formula is C19H14N2O3. The van der Waals surface area contributed by atoms with Crippen molar-refractivity contribution >= 4 is 23.3 Å². The van der Waals surface area contributed by atoms with E-state index < -0.39 is 17.8 Å². The van der Waals surface area contributed by atoms with Gasteiger partial charge < -0.3 is 0 Å². The van der Waals surface area contributed by atoms with Crippen LogP contribution in [0, 0.1) is 11.8 Å². The molecule has 4 atom stereocenters. The Labute approximate surface area is 138 Å². The van der Waals surface area contributed by atoms with Crippen molar-refractivity contribution in [2.75, 3.05) is 4.90 Å². The van der Waals surface area contributed by atoms with Gasteiger partial charge in [0, 0.05) is 18.5 Å². The molecule has 5 heteroatoms. The molecule has 1 aromatic heterocycles. The van der Waals surface area contributed by atoms with E-state index in [0.29, 0.717) is 12.1 Å². The first-order valence-electron chi connectivity index (χ1n) is 8.08. The van der Waals surface area contributed by atoms with Crippen molar-refractivity contribution in [2.24, 2.45) is 11.8 Å². The van der Waals surface area contributed by atoms with Crippen molar-refractivity contribution in [1.29, 1.82) is 0 Å². The minimum atomic E-state index is -0.571. The molecule has 2 aromatic rings. The highest BCUT2D eigenvalue weighted by atomic mass is 16.2. The lowest BCUT2D eigenvalue weighted by molar-refractivity contribution is -0.134. The van der Waals surface area contributed by atoms with Gasteiger partial charge in [0.05, 0.1) is 29.6 Å². The molecule has 0 radical (unpaired) electrons. The van der Waals surface area contributed by atoms with E-state index in [1.165, 1.54) is 11.1 Å². The van der Waals surface area contributed by atoms with Gasteiger partial charge in [-0.3, -0.25) is 19.4 Å². The van der Waals surface area contributed by atoms with E-state index in [0.717, 1.165) is 11.1 Å². The minimum absolute atomic E-state index is 0.0779. The lowest BCUT2D eigenvalue weighted by Crippen LogP contribution is -2.44. The lowest BCUT2D eigenvalue weighted by Gasteiger charge is -2.43. The molecule has 1 saturated carbocycles. The molecule has 0 N–H and O–H groups in total. The van der Waals surface area contributed by atoms with Gasteiger partial charge in [0.25, 0.3) is 0 Å². The average Bonchev–Trinajstić information content (AvgIpc) is 2.88. The van der Waals surface area contributed by atoms with E-state index in [1.807, 2.05) is 24.3 Å². The summed E-state index contributed by atoms with van der Waals surface area (Å²) in [5.74, 6) is -2.08. The Morgan fingerprint density at radius 2 is 1.67 bits per heavy atom. The number of nitrogens with zero attached hydrogens (tertiary/aromatic N) is 2. The van der Waals surface area contributed by atoms with Crippen LogP contribution in [0.2, 0.25) is 0 Å². The Morgan fingerprint density at radius 1 is 0.917 bits per heavy atom. The van der Waals surface area contributed by atoms with E-state index in [-0.39, 0.29) is 23.5 Å². The van der Waals surface area contributed by atoms with E-state index in [4.69, 9.17) is 0 Å². The lowest BCUT2D eigenvalue weighted by atomic mass is 9.56. The maximum absolute atomic E-state index is 13.0. The van der Waals surface area contributed by atoms with Crippen LogP contribution in [0.4, 0.5) is 5.69 Å².